The van der Waals surface area contributed by atoms with Crippen LogP contribution in [-0.4, -0.2) is 4.98 Å². The lowest BCUT2D eigenvalue weighted by Gasteiger charge is -2.00. The largest absolute Gasteiger partial charge is 0.253 e. The van der Waals surface area contributed by atoms with Crippen LogP contribution < -0.4 is 0 Å². The van der Waals surface area contributed by atoms with Gasteiger partial charge in [-0.1, -0.05) is 12.0 Å². The van der Waals surface area contributed by atoms with E-state index < -0.39 is 0 Å². The lowest BCUT2D eigenvalue weighted by atomic mass is 10.1. The fourth-order valence-electron chi connectivity index (χ4n) is 1.38. The second-order valence-electron chi connectivity index (χ2n) is 2.97. The van der Waals surface area contributed by atoms with Crippen molar-refractivity contribution in [3.8, 4) is 12.3 Å². The topological polar surface area (TPSA) is 12.9 Å². The van der Waals surface area contributed by atoms with Crippen LogP contribution in [-0.2, 0) is 0 Å². The quantitative estimate of drug-likeness (QED) is 0.549. The minimum atomic E-state index is 0.907. The Labute approximate surface area is 77.4 Å². The summed E-state index contributed by atoms with van der Waals surface area (Å²) in [4.78, 5) is 4.39. The number of nitrogens with zero attached hydrogens (tertiary/aromatic N) is 1. The van der Waals surface area contributed by atoms with Gasteiger partial charge in [-0.15, -0.1) is 6.42 Å². The zero-order chi connectivity index (χ0) is 9.26. The minimum absolute atomic E-state index is 0.907. The highest BCUT2D eigenvalue weighted by Gasteiger charge is 1.98. The van der Waals surface area contributed by atoms with Crippen LogP contribution in [0.5, 0.6) is 0 Å². The Morgan fingerprint density at radius 2 is 2.08 bits per heavy atom. The molecule has 0 aliphatic carbocycles. The van der Waals surface area contributed by atoms with Crippen LogP contribution in [0.1, 0.15) is 11.3 Å². The maximum atomic E-state index is 5.38. The predicted molar refractivity (Wildman–Crippen MR) is 54.4 cm³/mol. The maximum Gasteiger partial charge on any atom is 0.0717 e. The van der Waals surface area contributed by atoms with Gasteiger partial charge in [0, 0.05) is 16.6 Å². The summed E-state index contributed by atoms with van der Waals surface area (Å²) in [7, 11) is 0. The smallest absolute Gasteiger partial charge is 0.0717 e. The minimum Gasteiger partial charge on any atom is -0.253 e. The number of pyridine rings is 1. The van der Waals surface area contributed by atoms with Gasteiger partial charge in [0.25, 0.3) is 0 Å². The van der Waals surface area contributed by atoms with Crippen molar-refractivity contribution < 1.29 is 0 Å². The molecule has 0 radical (unpaired) electrons. The van der Waals surface area contributed by atoms with Crippen LogP contribution >= 0.6 is 0 Å². The van der Waals surface area contributed by atoms with Crippen molar-refractivity contribution in [2.75, 3.05) is 0 Å². The SMILES string of the molecule is C#Cc1cccc2nc(C)ccc12. The van der Waals surface area contributed by atoms with Gasteiger partial charge in [0.1, 0.15) is 0 Å². The summed E-state index contributed by atoms with van der Waals surface area (Å²) in [6.07, 6.45) is 5.38. The average molecular weight is 167 g/mol. The lowest BCUT2D eigenvalue weighted by Crippen LogP contribution is -1.85. The van der Waals surface area contributed by atoms with Crippen molar-refractivity contribution in [3.05, 3.63) is 41.6 Å². The molecule has 13 heavy (non-hydrogen) atoms. The molecule has 0 amide bonds. The summed E-state index contributed by atoms with van der Waals surface area (Å²) in [5, 5.41) is 1.05. The third-order valence-corrected chi connectivity index (χ3v) is 2.03. The standard InChI is InChI=1S/C12H9N/c1-3-10-5-4-6-12-11(10)8-7-9(2)13-12/h1,4-8H,2H3. The van der Waals surface area contributed by atoms with Crippen molar-refractivity contribution in [1.29, 1.82) is 0 Å². The van der Waals surface area contributed by atoms with E-state index in [0.717, 1.165) is 22.2 Å². The molecular formula is C12H9N. The van der Waals surface area contributed by atoms with E-state index in [2.05, 4.69) is 10.9 Å². The normalized spacial score (nSPS) is 9.85. The summed E-state index contributed by atoms with van der Waals surface area (Å²) >= 11 is 0. The Bertz CT molecular complexity index is 492. The van der Waals surface area contributed by atoms with Gasteiger partial charge < -0.3 is 0 Å². The first-order valence-electron chi connectivity index (χ1n) is 4.14. The number of benzene rings is 1. The maximum absolute atomic E-state index is 5.38. The molecule has 1 heteroatoms. The highest BCUT2D eigenvalue weighted by molar-refractivity contribution is 5.84. The van der Waals surface area contributed by atoms with Gasteiger partial charge in [0.05, 0.1) is 5.52 Å². The molecular weight excluding hydrogens is 158 g/mol. The molecule has 1 aromatic carbocycles. The molecule has 0 unspecified atom stereocenters. The van der Waals surface area contributed by atoms with E-state index in [1.54, 1.807) is 0 Å². The molecule has 0 aliphatic heterocycles. The van der Waals surface area contributed by atoms with Crippen molar-refractivity contribution in [2.24, 2.45) is 0 Å². The van der Waals surface area contributed by atoms with Crippen molar-refractivity contribution in [1.82, 2.24) is 4.98 Å². The van der Waals surface area contributed by atoms with E-state index in [4.69, 9.17) is 6.42 Å². The van der Waals surface area contributed by atoms with Gasteiger partial charge in [-0.2, -0.15) is 0 Å². The van der Waals surface area contributed by atoms with Gasteiger partial charge in [-0.05, 0) is 31.2 Å². The van der Waals surface area contributed by atoms with Crippen molar-refractivity contribution >= 4 is 10.9 Å². The number of rotatable bonds is 0. The van der Waals surface area contributed by atoms with E-state index in [1.807, 2.05) is 37.3 Å². The third-order valence-electron chi connectivity index (χ3n) is 2.03. The molecule has 2 rings (SSSR count). The Hall–Kier alpha value is -1.81. The Morgan fingerprint density at radius 1 is 1.23 bits per heavy atom. The van der Waals surface area contributed by atoms with Crippen LogP contribution in [0.4, 0.5) is 0 Å². The molecule has 0 saturated carbocycles. The van der Waals surface area contributed by atoms with Gasteiger partial charge in [0.15, 0.2) is 0 Å². The van der Waals surface area contributed by atoms with Gasteiger partial charge in [0.2, 0.25) is 0 Å². The fourth-order valence-corrected chi connectivity index (χ4v) is 1.38. The Kier molecular flexibility index (Phi) is 1.75. The van der Waals surface area contributed by atoms with E-state index in [9.17, 15) is 0 Å². The number of fused-ring (bicyclic) bond motifs is 1. The summed E-state index contributed by atoms with van der Waals surface area (Å²) in [5.41, 5.74) is 2.89. The number of hydrogen-bond donors (Lipinski definition) is 0. The van der Waals surface area contributed by atoms with Crippen LogP contribution in [0.3, 0.4) is 0 Å². The van der Waals surface area contributed by atoms with Crippen molar-refractivity contribution in [2.45, 2.75) is 6.92 Å². The molecule has 0 atom stereocenters. The Balaban J connectivity index is 2.87. The molecule has 0 fully saturated rings. The number of terminal acetylenes is 1. The second kappa shape index (κ2) is 2.91. The zero-order valence-electron chi connectivity index (χ0n) is 7.41. The van der Waals surface area contributed by atoms with E-state index in [-0.39, 0.29) is 0 Å². The Morgan fingerprint density at radius 3 is 2.85 bits per heavy atom. The van der Waals surface area contributed by atoms with Crippen LogP contribution in [0, 0.1) is 19.3 Å². The third kappa shape index (κ3) is 1.27. The lowest BCUT2D eigenvalue weighted by molar-refractivity contribution is 1.25. The molecule has 1 aromatic heterocycles. The van der Waals surface area contributed by atoms with E-state index in [1.165, 1.54) is 0 Å². The molecule has 0 aliphatic rings. The monoisotopic (exact) mass is 167 g/mol. The first kappa shape index (κ1) is 7.82. The van der Waals surface area contributed by atoms with Crippen LogP contribution in [0.15, 0.2) is 30.3 Å². The molecule has 0 spiro atoms. The molecule has 1 heterocycles. The van der Waals surface area contributed by atoms with Crippen LogP contribution in [0.2, 0.25) is 0 Å². The van der Waals surface area contributed by atoms with E-state index >= 15 is 0 Å². The van der Waals surface area contributed by atoms with Gasteiger partial charge in [-0.25, -0.2) is 0 Å². The molecule has 2 aromatic rings. The number of aryl methyl sites for hydroxylation is 1. The zero-order valence-corrected chi connectivity index (χ0v) is 7.41. The van der Waals surface area contributed by atoms with Gasteiger partial charge in [-0.3, -0.25) is 4.98 Å². The first-order valence-corrected chi connectivity index (χ1v) is 4.14. The highest BCUT2D eigenvalue weighted by Crippen LogP contribution is 2.16. The van der Waals surface area contributed by atoms with Gasteiger partial charge >= 0.3 is 0 Å². The van der Waals surface area contributed by atoms with Crippen LogP contribution in [0.25, 0.3) is 10.9 Å². The first-order chi connectivity index (χ1) is 6.31. The summed E-state index contributed by atoms with van der Waals surface area (Å²) in [6.45, 7) is 1.97. The molecule has 0 saturated heterocycles. The summed E-state index contributed by atoms with van der Waals surface area (Å²) in [5.74, 6) is 2.65. The average Bonchev–Trinajstić information content (AvgIpc) is 2.16. The molecule has 0 N–H and O–H groups in total. The second-order valence-corrected chi connectivity index (χ2v) is 2.97. The molecule has 62 valence electrons. The van der Waals surface area contributed by atoms with Crippen molar-refractivity contribution in [3.63, 3.8) is 0 Å². The number of hydrogen-bond acceptors (Lipinski definition) is 1. The van der Waals surface area contributed by atoms with E-state index in [0.29, 0.717) is 0 Å². The predicted octanol–water partition coefficient (Wildman–Crippen LogP) is 2.52. The number of aromatic nitrogens is 1. The fraction of sp³-hybridized carbons (Fsp3) is 0.0833. The molecule has 0 bridgehead atoms. The molecule has 1 nitrogen and oxygen atoms in total. The summed E-state index contributed by atoms with van der Waals surface area (Å²) < 4.78 is 0. The highest BCUT2D eigenvalue weighted by atomic mass is 14.7. The summed E-state index contributed by atoms with van der Waals surface area (Å²) in [6, 6.07) is 9.84.